The van der Waals surface area contributed by atoms with E-state index in [-0.39, 0.29) is 32.2 Å². The Bertz CT molecular complexity index is 1970. The predicted octanol–water partition coefficient (Wildman–Crippen LogP) is 26.5. The number of likely N-dealkylation sites (N-methyl/N-ethyl adjacent to an activating group) is 1. The molecule has 0 bridgehead atoms. The van der Waals surface area contributed by atoms with Crippen molar-refractivity contribution in [2.24, 2.45) is 0 Å². The van der Waals surface area contributed by atoms with E-state index in [2.05, 4.69) is 123 Å². The normalized spacial score (nSPS) is 13.2. The fourth-order valence-electron chi connectivity index (χ4n) is 11.8. The smallest absolute Gasteiger partial charge is 0.361 e. The molecular weight excluding hydrogens is 1200 g/mol. The monoisotopic (exact) mass is 1360 g/mol. The molecule has 0 radical (unpaired) electrons. The van der Waals surface area contributed by atoms with Crippen LogP contribution in [0.25, 0.3) is 0 Å². The number of hydrogen-bond donors (Lipinski definition) is 1. The van der Waals surface area contributed by atoms with Crippen molar-refractivity contribution in [1.29, 1.82) is 0 Å². The zero-order chi connectivity index (χ0) is 70.4. The number of esters is 2. The maximum absolute atomic E-state index is 13.0. The molecule has 0 aromatic heterocycles. The van der Waals surface area contributed by atoms with Crippen LogP contribution in [-0.4, -0.2) is 87.4 Å². The number of quaternary nitrogens is 1. The Kier molecular flexibility index (Phi) is 74.4. The highest BCUT2D eigenvalue weighted by Crippen LogP contribution is 2.19. The number of carbonyl (C=O) groups is 3. The van der Waals surface area contributed by atoms with E-state index in [4.69, 9.17) is 18.9 Å². The van der Waals surface area contributed by atoms with Crippen molar-refractivity contribution >= 4 is 17.9 Å². The lowest BCUT2D eigenvalue weighted by atomic mass is 10.0. The summed E-state index contributed by atoms with van der Waals surface area (Å²) >= 11 is 0. The number of allylic oxidation sites excluding steroid dienone is 18. The topological polar surface area (TPSA) is 108 Å². The first-order chi connectivity index (χ1) is 47.6. The molecule has 0 saturated heterocycles. The number of carboxylic acids is 1. The highest BCUT2D eigenvalue weighted by molar-refractivity contribution is 5.71. The van der Waals surface area contributed by atoms with Crippen LogP contribution in [-0.2, 0) is 33.3 Å². The number of nitrogens with zero attached hydrogens (tertiary/aromatic N) is 1. The van der Waals surface area contributed by atoms with Gasteiger partial charge in [-0.1, -0.05) is 367 Å². The molecule has 0 aliphatic carbocycles. The molecule has 0 rings (SSSR count). The Labute approximate surface area is 600 Å². The van der Waals surface area contributed by atoms with Crippen LogP contribution in [0.4, 0.5) is 0 Å². The molecule has 1 N–H and O–H groups in total. The average Bonchev–Trinajstić information content (AvgIpc) is 2.39. The van der Waals surface area contributed by atoms with E-state index in [0.717, 1.165) is 96.3 Å². The van der Waals surface area contributed by atoms with Gasteiger partial charge in [0.2, 0.25) is 0 Å². The van der Waals surface area contributed by atoms with E-state index in [1.54, 1.807) is 0 Å². The van der Waals surface area contributed by atoms with Gasteiger partial charge in [-0.3, -0.25) is 9.59 Å². The van der Waals surface area contributed by atoms with Crippen molar-refractivity contribution in [2.45, 2.75) is 386 Å². The first kappa shape index (κ1) is 93.0. The van der Waals surface area contributed by atoms with Crippen LogP contribution >= 0.6 is 0 Å². The molecule has 0 aromatic rings. The number of unbranched alkanes of at least 4 members (excludes halogenated alkanes) is 43. The van der Waals surface area contributed by atoms with Crippen molar-refractivity contribution in [3.8, 4) is 0 Å². The van der Waals surface area contributed by atoms with Crippen LogP contribution in [0.15, 0.2) is 109 Å². The largest absolute Gasteiger partial charge is 0.477 e. The Hall–Kier alpha value is -4.05. The van der Waals surface area contributed by atoms with Crippen LogP contribution < -0.4 is 0 Å². The molecule has 0 spiro atoms. The predicted molar refractivity (Wildman–Crippen MR) is 419 cm³/mol. The molecular formula is C88H156NO8+. The summed E-state index contributed by atoms with van der Waals surface area (Å²) in [5.74, 6) is -2.00. The van der Waals surface area contributed by atoms with Crippen LogP contribution in [0.2, 0.25) is 0 Å². The van der Waals surface area contributed by atoms with Crippen molar-refractivity contribution in [3.05, 3.63) is 109 Å². The van der Waals surface area contributed by atoms with Crippen molar-refractivity contribution in [1.82, 2.24) is 0 Å². The van der Waals surface area contributed by atoms with Crippen LogP contribution in [0.1, 0.15) is 373 Å². The molecule has 0 saturated carbocycles. The van der Waals surface area contributed by atoms with Crippen LogP contribution in [0.3, 0.4) is 0 Å². The number of rotatable bonds is 76. The summed E-state index contributed by atoms with van der Waals surface area (Å²) < 4.78 is 23.0. The minimum absolute atomic E-state index is 0.184. The fraction of sp³-hybridized carbons (Fsp3) is 0.761. The lowest BCUT2D eigenvalue weighted by molar-refractivity contribution is -0.870. The number of hydrogen-bond acceptors (Lipinski definition) is 7. The highest BCUT2D eigenvalue weighted by atomic mass is 16.7. The van der Waals surface area contributed by atoms with Crippen LogP contribution in [0, 0.1) is 0 Å². The van der Waals surface area contributed by atoms with Gasteiger partial charge in [-0.2, -0.15) is 0 Å². The second-order valence-electron chi connectivity index (χ2n) is 28.7. The summed E-state index contributed by atoms with van der Waals surface area (Å²) in [6, 6.07) is 0. The van der Waals surface area contributed by atoms with E-state index in [1.165, 1.54) is 244 Å². The molecule has 0 aliphatic rings. The van der Waals surface area contributed by atoms with E-state index in [9.17, 15) is 19.5 Å². The number of carboxylic acid groups (broad SMARTS) is 1. The van der Waals surface area contributed by atoms with Gasteiger partial charge in [0.15, 0.2) is 6.10 Å². The number of ether oxygens (including phenoxy) is 4. The summed E-state index contributed by atoms with van der Waals surface area (Å²) in [7, 11) is 5.98. The van der Waals surface area contributed by atoms with E-state index >= 15 is 0 Å². The third-order valence-corrected chi connectivity index (χ3v) is 18.0. The zero-order valence-corrected chi connectivity index (χ0v) is 64.2. The lowest BCUT2D eigenvalue weighted by Gasteiger charge is -2.25. The fourth-order valence-corrected chi connectivity index (χ4v) is 11.8. The molecule has 2 atom stereocenters. The summed E-state index contributed by atoms with van der Waals surface area (Å²) in [6.07, 6.45) is 107. The van der Waals surface area contributed by atoms with Crippen molar-refractivity contribution in [3.63, 3.8) is 0 Å². The molecule has 9 nitrogen and oxygen atoms in total. The maximum atomic E-state index is 13.0. The van der Waals surface area contributed by atoms with E-state index in [1.807, 2.05) is 21.1 Å². The van der Waals surface area contributed by atoms with Gasteiger partial charge in [0.1, 0.15) is 13.2 Å². The minimum Gasteiger partial charge on any atom is -0.477 e. The Morgan fingerprint density at radius 1 is 0.320 bits per heavy atom. The summed E-state index contributed by atoms with van der Waals surface area (Å²) in [4.78, 5) is 37.7. The van der Waals surface area contributed by atoms with Gasteiger partial charge >= 0.3 is 17.9 Å². The second kappa shape index (κ2) is 77.7. The summed E-state index contributed by atoms with van der Waals surface area (Å²) in [5, 5.41) is 9.78. The minimum atomic E-state index is -1.52. The Morgan fingerprint density at radius 2 is 0.588 bits per heavy atom. The van der Waals surface area contributed by atoms with Gasteiger partial charge in [0.25, 0.3) is 6.29 Å². The van der Waals surface area contributed by atoms with E-state index in [0.29, 0.717) is 23.9 Å². The molecule has 0 amide bonds. The number of carbonyl (C=O) groups excluding carboxylic acids is 2. The second-order valence-corrected chi connectivity index (χ2v) is 28.7. The average molecular weight is 1360 g/mol. The van der Waals surface area contributed by atoms with Crippen molar-refractivity contribution in [2.75, 3.05) is 47.5 Å². The van der Waals surface area contributed by atoms with Gasteiger partial charge in [0.05, 0.1) is 34.4 Å². The summed E-state index contributed by atoms with van der Waals surface area (Å²) in [6.45, 7) is 4.78. The van der Waals surface area contributed by atoms with Crippen LogP contribution in [0.5, 0.6) is 0 Å². The molecule has 9 heteroatoms. The molecule has 97 heavy (non-hydrogen) atoms. The van der Waals surface area contributed by atoms with Gasteiger partial charge in [-0.05, 0) is 103 Å². The summed E-state index contributed by atoms with van der Waals surface area (Å²) in [5.41, 5.74) is 0. The van der Waals surface area contributed by atoms with Gasteiger partial charge < -0.3 is 28.5 Å². The molecule has 0 fully saturated rings. The third kappa shape index (κ3) is 79.2. The molecule has 560 valence electrons. The maximum Gasteiger partial charge on any atom is 0.361 e. The Balaban J connectivity index is 3.99. The number of aliphatic carboxylic acids is 1. The highest BCUT2D eigenvalue weighted by Gasteiger charge is 2.25. The Morgan fingerprint density at radius 3 is 0.876 bits per heavy atom. The molecule has 0 heterocycles. The van der Waals surface area contributed by atoms with Gasteiger partial charge in [-0.25, -0.2) is 4.79 Å². The standard InChI is InChI=1S/C88H155NO8/c1-6-8-10-12-14-16-18-20-22-24-26-28-30-32-34-36-38-39-40-41-42-43-44-45-46-47-49-50-52-54-56-58-60-62-64-66-68-70-72-74-76-78-85(90)95-82-84(83-96-88(87(92)93)94-81-80-89(3,4)5)97-86(91)79-77-75-73-71-69-67-65-63-61-59-57-55-53-51-48-37-35-33-31-29-27-25-23-21-19-17-15-13-11-9-7-2/h9,11,15,17-18,20-21,23-24,26-27,29,33,35,48,51,55,57,84,88H,6-8,10,12-14,16,19,22,25,28,30-32,34,36-47,49-50,52-54,56,58-83H2,1-5H3/p+1/b11-9-,17-15-,20-18-,23-21-,26-24-,29-27-,35-33-,51-48-,57-55-. The first-order valence-corrected chi connectivity index (χ1v) is 41.1. The molecule has 0 aromatic carbocycles. The van der Waals surface area contributed by atoms with Gasteiger partial charge in [-0.15, -0.1) is 0 Å². The zero-order valence-electron chi connectivity index (χ0n) is 64.2. The SMILES string of the molecule is CC/C=C\C/C=C\C/C=C\C/C=C\C/C=C\C/C=C\C/C=C\CCCCCCCCCCCC(=O)OC(COC(=O)CCCCCCCCCCCCCCCCCCCCCCCCCCCCCCC/C=C\C/C=C\CCCCCCC)COC(OCC[N+](C)(C)C)C(=O)O. The quantitative estimate of drug-likeness (QED) is 0.0211. The first-order valence-electron chi connectivity index (χ1n) is 41.1. The third-order valence-electron chi connectivity index (χ3n) is 18.0. The molecule has 0 aliphatic heterocycles. The lowest BCUT2D eigenvalue weighted by Crippen LogP contribution is -2.40. The van der Waals surface area contributed by atoms with E-state index < -0.39 is 24.3 Å². The van der Waals surface area contributed by atoms with Gasteiger partial charge in [0, 0.05) is 12.8 Å². The molecule has 2 unspecified atom stereocenters. The van der Waals surface area contributed by atoms with Crippen molar-refractivity contribution < 1.29 is 42.9 Å².